The van der Waals surface area contributed by atoms with E-state index in [2.05, 4.69) is 11.6 Å². The van der Waals surface area contributed by atoms with Gasteiger partial charge in [-0.05, 0) is 24.3 Å². The number of amides is 1. The van der Waals surface area contributed by atoms with Gasteiger partial charge in [-0.25, -0.2) is 0 Å². The highest BCUT2D eigenvalue weighted by Gasteiger charge is 2.32. The lowest BCUT2D eigenvalue weighted by atomic mass is 9.87. The number of nitrogens with zero attached hydrogens (tertiary/aromatic N) is 2. The number of hydrogen-bond donors (Lipinski definition) is 0. The molecule has 1 aromatic heterocycles. The Balaban J connectivity index is 1.69. The molecule has 0 spiro atoms. The molecule has 0 fully saturated rings. The summed E-state index contributed by atoms with van der Waals surface area (Å²) in [4.78, 5) is 18.7. The number of fused-ring (bicyclic) bond motifs is 3. The molecule has 5 heteroatoms. The molecular weight excluding hydrogens is 380 g/mol. The van der Waals surface area contributed by atoms with Crippen LogP contribution >= 0.6 is 11.3 Å². The Bertz CT molecular complexity index is 1270. The summed E-state index contributed by atoms with van der Waals surface area (Å²) < 4.78 is 9.13. The van der Waals surface area contributed by atoms with Crippen molar-refractivity contribution in [3.63, 3.8) is 0 Å². The maximum Gasteiger partial charge on any atom is 0.260 e. The van der Waals surface area contributed by atoms with Crippen LogP contribution in [0.15, 0.2) is 90.4 Å². The van der Waals surface area contributed by atoms with Gasteiger partial charge in [0.2, 0.25) is 0 Å². The molecule has 0 saturated carbocycles. The van der Waals surface area contributed by atoms with Crippen LogP contribution in [0.3, 0.4) is 0 Å². The van der Waals surface area contributed by atoms with E-state index in [1.807, 2.05) is 83.4 Å². The van der Waals surface area contributed by atoms with Crippen molar-refractivity contribution in [3.05, 3.63) is 101 Å². The number of hydrogen-bond acceptors (Lipinski definition) is 3. The van der Waals surface area contributed by atoms with Crippen molar-refractivity contribution < 1.29 is 9.53 Å². The number of ether oxygens (including phenoxy) is 1. The molecule has 1 aliphatic rings. The van der Waals surface area contributed by atoms with Gasteiger partial charge in [0, 0.05) is 17.7 Å². The van der Waals surface area contributed by atoms with Crippen molar-refractivity contribution >= 4 is 27.5 Å². The molecule has 0 atom stereocenters. The summed E-state index contributed by atoms with van der Waals surface area (Å²) in [6, 6.07) is 23.4. The molecule has 5 rings (SSSR count). The predicted molar refractivity (Wildman–Crippen MR) is 115 cm³/mol. The highest BCUT2D eigenvalue weighted by atomic mass is 32.1. The van der Waals surface area contributed by atoms with Gasteiger partial charge in [0.25, 0.3) is 5.91 Å². The van der Waals surface area contributed by atoms with Crippen LogP contribution in [0.25, 0.3) is 10.2 Å². The van der Waals surface area contributed by atoms with Gasteiger partial charge in [0.15, 0.2) is 4.80 Å². The first-order chi connectivity index (χ1) is 14.3. The van der Waals surface area contributed by atoms with E-state index in [9.17, 15) is 4.79 Å². The average Bonchev–Trinajstić information content (AvgIpc) is 3.09. The molecule has 3 aromatic carbocycles. The van der Waals surface area contributed by atoms with E-state index < -0.39 is 5.92 Å². The van der Waals surface area contributed by atoms with Crippen LogP contribution in [0.2, 0.25) is 0 Å². The minimum absolute atomic E-state index is 0.197. The van der Waals surface area contributed by atoms with Gasteiger partial charge in [-0.1, -0.05) is 65.9 Å². The van der Waals surface area contributed by atoms with E-state index >= 15 is 0 Å². The number of para-hydroxylation sites is 3. The van der Waals surface area contributed by atoms with Gasteiger partial charge >= 0.3 is 0 Å². The fourth-order valence-electron chi connectivity index (χ4n) is 3.75. The second-order valence-electron chi connectivity index (χ2n) is 6.81. The maximum absolute atomic E-state index is 13.5. The van der Waals surface area contributed by atoms with Gasteiger partial charge in [-0.15, -0.1) is 6.58 Å². The summed E-state index contributed by atoms with van der Waals surface area (Å²) in [5.74, 6) is 0.723. The lowest BCUT2D eigenvalue weighted by Gasteiger charge is -2.25. The quantitative estimate of drug-likeness (QED) is 0.442. The number of thiazole rings is 1. The fourth-order valence-corrected chi connectivity index (χ4v) is 4.79. The molecule has 29 heavy (non-hydrogen) atoms. The second kappa shape index (κ2) is 7.18. The Hall–Kier alpha value is -3.44. The molecule has 0 aliphatic carbocycles. The second-order valence-corrected chi connectivity index (χ2v) is 7.82. The smallest absolute Gasteiger partial charge is 0.260 e. The van der Waals surface area contributed by atoms with Crippen LogP contribution in [-0.2, 0) is 11.3 Å². The zero-order chi connectivity index (χ0) is 19.8. The van der Waals surface area contributed by atoms with E-state index in [1.54, 1.807) is 0 Å². The largest absolute Gasteiger partial charge is 0.457 e. The van der Waals surface area contributed by atoms with Gasteiger partial charge in [-0.2, -0.15) is 4.99 Å². The first kappa shape index (κ1) is 17.6. The standard InChI is InChI=1S/C24H18N2O2S/c1-2-15-26-18-11-5-8-14-21(18)29-24(26)25-23(27)22-16-9-3-6-12-19(16)28-20-13-7-4-10-17(20)22/h2-14,22H,1,15H2. The van der Waals surface area contributed by atoms with Crippen LogP contribution < -0.4 is 9.54 Å². The molecule has 0 bridgehead atoms. The average molecular weight is 398 g/mol. The molecule has 2 heterocycles. The van der Waals surface area contributed by atoms with Crippen molar-refractivity contribution in [2.45, 2.75) is 12.5 Å². The SMILES string of the molecule is C=CCn1c(=NC(=O)C2c3ccccc3Oc3ccccc32)sc2ccccc21. The lowest BCUT2D eigenvalue weighted by molar-refractivity contribution is -0.118. The van der Waals surface area contributed by atoms with Crippen molar-refractivity contribution in [1.29, 1.82) is 0 Å². The van der Waals surface area contributed by atoms with E-state index in [-0.39, 0.29) is 5.91 Å². The highest BCUT2D eigenvalue weighted by molar-refractivity contribution is 7.16. The molecule has 4 aromatic rings. The van der Waals surface area contributed by atoms with Crippen molar-refractivity contribution in [2.75, 3.05) is 0 Å². The normalized spacial score (nSPS) is 13.6. The van der Waals surface area contributed by atoms with E-state index in [0.29, 0.717) is 22.8 Å². The van der Waals surface area contributed by atoms with E-state index in [4.69, 9.17) is 4.74 Å². The number of allylic oxidation sites excluding steroid dienone is 1. The van der Waals surface area contributed by atoms with Crippen molar-refractivity contribution in [3.8, 4) is 11.5 Å². The van der Waals surface area contributed by atoms with Crippen molar-refractivity contribution in [2.24, 2.45) is 4.99 Å². The van der Waals surface area contributed by atoms with Gasteiger partial charge in [-0.3, -0.25) is 4.79 Å². The summed E-state index contributed by atoms with van der Waals surface area (Å²) in [7, 11) is 0. The fraction of sp³-hybridized carbons (Fsp3) is 0.0833. The molecular formula is C24H18N2O2S. The number of carbonyl (C=O) groups is 1. The Kier molecular flexibility index (Phi) is 4.37. The molecule has 4 nitrogen and oxygen atoms in total. The zero-order valence-corrected chi connectivity index (χ0v) is 16.4. The molecule has 0 unspecified atom stereocenters. The Morgan fingerprint density at radius 1 is 1.00 bits per heavy atom. The Morgan fingerprint density at radius 3 is 2.31 bits per heavy atom. The van der Waals surface area contributed by atoms with Gasteiger partial charge < -0.3 is 9.30 Å². The third-order valence-electron chi connectivity index (χ3n) is 5.03. The lowest BCUT2D eigenvalue weighted by Crippen LogP contribution is -2.22. The summed E-state index contributed by atoms with van der Waals surface area (Å²) in [6.45, 7) is 4.45. The van der Waals surface area contributed by atoms with E-state index in [1.165, 1.54) is 11.3 Å². The number of carbonyl (C=O) groups excluding carboxylic acids is 1. The molecule has 1 aliphatic heterocycles. The monoisotopic (exact) mass is 398 g/mol. The van der Waals surface area contributed by atoms with Gasteiger partial charge in [0.1, 0.15) is 11.5 Å². The van der Waals surface area contributed by atoms with Crippen LogP contribution in [0, 0.1) is 0 Å². The van der Waals surface area contributed by atoms with Crippen molar-refractivity contribution in [1.82, 2.24) is 4.57 Å². The number of benzene rings is 3. The molecule has 0 N–H and O–H groups in total. The zero-order valence-electron chi connectivity index (χ0n) is 15.6. The predicted octanol–water partition coefficient (Wildman–Crippen LogP) is 5.25. The first-order valence-corrected chi connectivity index (χ1v) is 10.2. The molecule has 142 valence electrons. The van der Waals surface area contributed by atoms with E-state index in [0.717, 1.165) is 21.3 Å². The topological polar surface area (TPSA) is 43.6 Å². The van der Waals surface area contributed by atoms with Gasteiger partial charge in [0.05, 0.1) is 16.1 Å². The third-order valence-corrected chi connectivity index (χ3v) is 6.09. The maximum atomic E-state index is 13.5. The highest BCUT2D eigenvalue weighted by Crippen LogP contribution is 2.44. The molecule has 1 amide bonds. The third kappa shape index (κ3) is 3.00. The van der Waals surface area contributed by atoms with Crippen LogP contribution in [0.5, 0.6) is 11.5 Å². The summed E-state index contributed by atoms with van der Waals surface area (Å²) in [5, 5.41) is 0. The summed E-state index contributed by atoms with van der Waals surface area (Å²) >= 11 is 1.52. The Labute approximate surface area is 172 Å². The molecule has 0 saturated heterocycles. The number of aromatic nitrogens is 1. The summed E-state index contributed by atoms with van der Waals surface area (Å²) in [6.07, 6.45) is 1.82. The first-order valence-electron chi connectivity index (χ1n) is 9.40. The molecule has 0 radical (unpaired) electrons. The minimum atomic E-state index is -0.487. The number of rotatable bonds is 3. The summed E-state index contributed by atoms with van der Waals surface area (Å²) in [5.41, 5.74) is 2.74. The minimum Gasteiger partial charge on any atom is -0.457 e. The van der Waals surface area contributed by atoms with Crippen LogP contribution in [0.4, 0.5) is 0 Å². The Morgan fingerprint density at radius 2 is 1.62 bits per heavy atom. The van der Waals surface area contributed by atoms with Crippen LogP contribution in [-0.4, -0.2) is 10.5 Å². The van der Waals surface area contributed by atoms with Crippen LogP contribution in [0.1, 0.15) is 17.0 Å².